The summed E-state index contributed by atoms with van der Waals surface area (Å²) in [6.45, 7) is 1.50. The van der Waals surface area contributed by atoms with E-state index in [1.807, 2.05) is 0 Å². The zero-order valence-corrected chi connectivity index (χ0v) is 12.8. The van der Waals surface area contributed by atoms with Crippen LogP contribution in [0.3, 0.4) is 0 Å². The van der Waals surface area contributed by atoms with Gasteiger partial charge >= 0.3 is 5.97 Å². The Kier molecular flexibility index (Phi) is 5.99. The van der Waals surface area contributed by atoms with Gasteiger partial charge in [0.1, 0.15) is 10.6 Å². The van der Waals surface area contributed by atoms with Gasteiger partial charge in [-0.15, -0.1) is 0 Å². The molecule has 22 heavy (non-hydrogen) atoms. The van der Waals surface area contributed by atoms with Gasteiger partial charge in [0.15, 0.2) is 17.5 Å². The fourth-order valence-corrected chi connectivity index (χ4v) is 1.75. The van der Waals surface area contributed by atoms with E-state index in [-0.39, 0.29) is 6.61 Å². The molecule has 0 heterocycles. The SMILES string of the molecule is CCOC(=O)C(=CN(C)C)C(=O)c1cc(F)c(F)c(Cl)c1F. The van der Waals surface area contributed by atoms with Gasteiger partial charge in [-0.2, -0.15) is 0 Å². The summed E-state index contributed by atoms with van der Waals surface area (Å²) in [4.78, 5) is 25.4. The molecule has 0 atom stereocenters. The fraction of sp³-hybridized carbons (Fsp3) is 0.286. The Morgan fingerprint density at radius 3 is 2.36 bits per heavy atom. The second kappa shape index (κ2) is 7.31. The van der Waals surface area contributed by atoms with Gasteiger partial charge in [0.05, 0.1) is 12.2 Å². The van der Waals surface area contributed by atoms with E-state index in [4.69, 9.17) is 16.3 Å². The number of benzene rings is 1. The van der Waals surface area contributed by atoms with Crippen LogP contribution >= 0.6 is 11.6 Å². The Labute approximate surface area is 130 Å². The van der Waals surface area contributed by atoms with Gasteiger partial charge in [0, 0.05) is 20.3 Å². The first-order chi connectivity index (χ1) is 10.2. The maximum Gasteiger partial charge on any atom is 0.343 e. The number of carbonyl (C=O) groups excluding carboxylic acids is 2. The number of hydrogen-bond acceptors (Lipinski definition) is 4. The van der Waals surface area contributed by atoms with E-state index in [9.17, 15) is 22.8 Å². The third-order valence-corrected chi connectivity index (χ3v) is 2.81. The van der Waals surface area contributed by atoms with Gasteiger partial charge in [-0.3, -0.25) is 4.79 Å². The van der Waals surface area contributed by atoms with Crippen molar-refractivity contribution >= 4 is 23.4 Å². The zero-order valence-electron chi connectivity index (χ0n) is 12.0. The molecular weight excluding hydrogens is 323 g/mol. The first-order valence-electron chi connectivity index (χ1n) is 6.13. The van der Waals surface area contributed by atoms with E-state index >= 15 is 0 Å². The third kappa shape index (κ3) is 3.79. The van der Waals surface area contributed by atoms with Gasteiger partial charge in [0.25, 0.3) is 0 Å². The Hall–Kier alpha value is -2.02. The number of ketones is 1. The molecule has 0 aliphatic heterocycles. The first kappa shape index (κ1) is 18.0. The maximum absolute atomic E-state index is 13.9. The molecular formula is C14H13ClF3NO3. The molecule has 120 valence electrons. The Bertz CT molecular complexity index is 645. The largest absolute Gasteiger partial charge is 0.462 e. The van der Waals surface area contributed by atoms with Crippen LogP contribution in [0.1, 0.15) is 17.3 Å². The quantitative estimate of drug-likeness (QED) is 0.158. The van der Waals surface area contributed by atoms with E-state index in [1.54, 1.807) is 0 Å². The minimum atomic E-state index is -1.61. The van der Waals surface area contributed by atoms with Crippen LogP contribution in [0.25, 0.3) is 0 Å². The molecule has 0 bridgehead atoms. The summed E-state index contributed by atoms with van der Waals surface area (Å²) >= 11 is 5.30. The van der Waals surface area contributed by atoms with Crippen molar-refractivity contribution in [3.63, 3.8) is 0 Å². The average molecular weight is 336 g/mol. The van der Waals surface area contributed by atoms with Crippen LogP contribution in [-0.4, -0.2) is 37.4 Å². The number of hydrogen-bond donors (Lipinski definition) is 0. The van der Waals surface area contributed by atoms with Gasteiger partial charge in [-0.25, -0.2) is 18.0 Å². The topological polar surface area (TPSA) is 46.6 Å². The van der Waals surface area contributed by atoms with Crippen LogP contribution < -0.4 is 0 Å². The summed E-state index contributed by atoms with van der Waals surface area (Å²) in [5.41, 5.74) is -1.39. The maximum atomic E-state index is 13.9. The molecule has 0 aliphatic rings. The molecule has 8 heteroatoms. The predicted octanol–water partition coefficient (Wildman–Crippen LogP) is 2.95. The van der Waals surface area contributed by atoms with Crippen molar-refractivity contribution in [2.75, 3.05) is 20.7 Å². The molecule has 1 aromatic carbocycles. The number of Topliss-reactive ketones (excluding diaryl/α,β-unsaturated/α-hetero) is 1. The van der Waals surface area contributed by atoms with Crippen molar-refractivity contribution in [1.29, 1.82) is 0 Å². The summed E-state index contributed by atoms with van der Waals surface area (Å²) in [6, 6.07) is 0.349. The summed E-state index contributed by atoms with van der Waals surface area (Å²) < 4.78 is 45.1. The van der Waals surface area contributed by atoms with Crippen molar-refractivity contribution in [2.45, 2.75) is 6.92 Å². The highest BCUT2D eigenvalue weighted by atomic mass is 35.5. The second-order valence-corrected chi connectivity index (χ2v) is 4.78. The highest BCUT2D eigenvalue weighted by molar-refractivity contribution is 6.32. The number of esters is 1. The van der Waals surface area contributed by atoms with Crippen molar-refractivity contribution in [3.05, 3.63) is 45.9 Å². The lowest BCUT2D eigenvalue weighted by Crippen LogP contribution is -2.20. The highest BCUT2D eigenvalue weighted by Gasteiger charge is 2.28. The number of nitrogens with zero attached hydrogens (tertiary/aromatic N) is 1. The highest BCUT2D eigenvalue weighted by Crippen LogP contribution is 2.26. The van der Waals surface area contributed by atoms with Gasteiger partial charge in [-0.05, 0) is 13.0 Å². The summed E-state index contributed by atoms with van der Waals surface area (Å²) in [7, 11) is 3.03. The standard InChI is InChI=1S/C14H13ClF3NO3/c1-4-22-14(21)8(6-19(2)3)13(20)7-5-9(16)12(18)10(15)11(7)17/h5-6H,4H2,1-3H3. The van der Waals surface area contributed by atoms with E-state index in [0.717, 1.165) is 6.20 Å². The molecule has 0 unspecified atom stereocenters. The molecule has 0 N–H and O–H groups in total. The predicted molar refractivity (Wildman–Crippen MR) is 74.1 cm³/mol. The van der Waals surface area contributed by atoms with Crippen LogP contribution in [0.5, 0.6) is 0 Å². The lowest BCUT2D eigenvalue weighted by Gasteiger charge is -2.12. The molecule has 0 spiro atoms. The van der Waals surface area contributed by atoms with E-state index in [2.05, 4.69) is 0 Å². The van der Waals surface area contributed by atoms with Gasteiger partial charge < -0.3 is 9.64 Å². The Morgan fingerprint density at radius 2 is 1.86 bits per heavy atom. The van der Waals surface area contributed by atoms with Crippen molar-refractivity contribution in [2.24, 2.45) is 0 Å². The van der Waals surface area contributed by atoms with Crippen molar-refractivity contribution < 1.29 is 27.5 Å². The number of halogens is 4. The second-order valence-electron chi connectivity index (χ2n) is 4.40. The van der Waals surface area contributed by atoms with E-state index < -0.39 is 45.4 Å². The van der Waals surface area contributed by atoms with Crippen LogP contribution in [0, 0.1) is 17.5 Å². The van der Waals surface area contributed by atoms with Crippen LogP contribution in [0.4, 0.5) is 13.2 Å². The molecule has 0 saturated carbocycles. The van der Waals surface area contributed by atoms with E-state index in [1.165, 1.54) is 25.9 Å². The molecule has 0 radical (unpaired) electrons. The summed E-state index contributed by atoms with van der Waals surface area (Å²) in [6.07, 6.45) is 1.09. The molecule has 4 nitrogen and oxygen atoms in total. The minimum absolute atomic E-state index is 0.0160. The Balaban J connectivity index is 3.41. The molecule has 0 aromatic heterocycles. The molecule has 1 rings (SSSR count). The Morgan fingerprint density at radius 1 is 1.27 bits per heavy atom. The minimum Gasteiger partial charge on any atom is -0.462 e. The fourth-order valence-electron chi connectivity index (χ4n) is 1.55. The lowest BCUT2D eigenvalue weighted by atomic mass is 10.0. The number of rotatable bonds is 5. The smallest absolute Gasteiger partial charge is 0.343 e. The first-order valence-corrected chi connectivity index (χ1v) is 6.51. The molecule has 0 amide bonds. The third-order valence-electron chi connectivity index (χ3n) is 2.47. The van der Waals surface area contributed by atoms with Crippen LogP contribution in [0.15, 0.2) is 17.8 Å². The molecule has 0 saturated heterocycles. The normalized spacial score (nSPS) is 11.3. The number of carbonyl (C=O) groups is 2. The summed E-state index contributed by atoms with van der Waals surface area (Å²) in [5, 5.41) is -1.16. The monoisotopic (exact) mass is 335 g/mol. The summed E-state index contributed by atoms with van der Waals surface area (Å²) in [5.74, 6) is -6.72. The lowest BCUT2D eigenvalue weighted by molar-refractivity contribution is -0.138. The van der Waals surface area contributed by atoms with Crippen LogP contribution in [-0.2, 0) is 9.53 Å². The van der Waals surface area contributed by atoms with Crippen LogP contribution in [0.2, 0.25) is 5.02 Å². The molecule has 0 aliphatic carbocycles. The van der Waals surface area contributed by atoms with Gasteiger partial charge in [0.2, 0.25) is 5.78 Å². The number of ether oxygens (including phenoxy) is 1. The van der Waals surface area contributed by atoms with Crippen molar-refractivity contribution in [1.82, 2.24) is 4.90 Å². The zero-order chi connectivity index (χ0) is 17.0. The van der Waals surface area contributed by atoms with E-state index in [0.29, 0.717) is 6.07 Å². The van der Waals surface area contributed by atoms with Gasteiger partial charge in [-0.1, -0.05) is 11.6 Å². The van der Waals surface area contributed by atoms with Crippen molar-refractivity contribution in [3.8, 4) is 0 Å². The average Bonchev–Trinajstić information content (AvgIpc) is 2.45. The molecule has 1 aromatic rings. The molecule has 0 fully saturated rings.